The zero-order valence-electron chi connectivity index (χ0n) is 18.4. The fourth-order valence-corrected chi connectivity index (χ4v) is 5.43. The number of amides is 1. The van der Waals surface area contributed by atoms with Gasteiger partial charge in [0.25, 0.3) is 0 Å². The van der Waals surface area contributed by atoms with Crippen molar-refractivity contribution in [3.05, 3.63) is 84.2 Å². The smallest absolute Gasteiger partial charge is 0.229 e. The van der Waals surface area contributed by atoms with Gasteiger partial charge in [0, 0.05) is 23.7 Å². The predicted octanol–water partition coefficient (Wildman–Crippen LogP) is 6.92. The molecule has 0 unspecified atom stereocenters. The van der Waals surface area contributed by atoms with Crippen molar-refractivity contribution < 1.29 is 4.79 Å². The largest absolute Gasteiger partial charge is 0.284 e. The number of carbonyl (C=O) groups excluding carboxylic acids is 1. The van der Waals surface area contributed by atoms with Gasteiger partial charge in [-0.15, -0.1) is 11.8 Å². The predicted molar refractivity (Wildman–Crippen MR) is 136 cm³/mol. The van der Waals surface area contributed by atoms with Gasteiger partial charge in [-0.2, -0.15) is 0 Å². The fourth-order valence-electron chi connectivity index (χ4n) is 3.54. The van der Waals surface area contributed by atoms with Crippen molar-refractivity contribution in [2.75, 3.05) is 10.7 Å². The van der Waals surface area contributed by atoms with Crippen LogP contribution in [0.1, 0.15) is 43.7 Å². The Hall–Kier alpha value is -2.70. The number of rotatable bonds is 9. The third kappa shape index (κ3) is 5.56. The second kappa shape index (κ2) is 10.7. The molecular weight excluding hydrogens is 434 g/mol. The van der Waals surface area contributed by atoms with E-state index >= 15 is 0 Å². The fraction of sp³-hybridized carbons (Fsp3) is 0.269. The number of carbonyl (C=O) groups is 1. The molecule has 2 aromatic carbocycles. The third-order valence-electron chi connectivity index (χ3n) is 5.20. The minimum Gasteiger partial charge on any atom is -0.284 e. The van der Waals surface area contributed by atoms with Gasteiger partial charge in [0.2, 0.25) is 5.91 Å². The van der Waals surface area contributed by atoms with Gasteiger partial charge in [-0.1, -0.05) is 61.6 Å². The van der Waals surface area contributed by atoms with E-state index < -0.39 is 0 Å². The van der Waals surface area contributed by atoms with Crippen LogP contribution in [0.2, 0.25) is 0 Å². The molecule has 2 heterocycles. The lowest BCUT2D eigenvalue weighted by Gasteiger charge is -2.20. The molecule has 0 N–H and O–H groups in total. The molecule has 0 saturated carbocycles. The van der Waals surface area contributed by atoms with Crippen LogP contribution in [0, 0.1) is 0 Å². The van der Waals surface area contributed by atoms with E-state index in [0.717, 1.165) is 33.1 Å². The van der Waals surface area contributed by atoms with Gasteiger partial charge in [0.05, 0.1) is 16.8 Å². The summed E-state index contributed by atoms with van der Waals surface area (Å²) in [5.74, 6) is 1.40. The maximum absolute atomic E-state index is 13.3. The van der Waals surface area contributed by atoms with Crippen LogP contribution < -0.4 is 4.90 Å². The van der Waals surface area contributed by atoms with Crippen LogP contribution in [0.15, 0.2) is 78.0 Å². The van der Waals surface area contributed by atoms with E-state index in [1.165, 1.54) is 10.5 Å². The Morgan fingerprint density at radius 2 is 1.91 bits per heavy atom. The highest BCUT2D eigenvalue weighted by Gasteiger charge is 2.21. The SMILES string of the molecule is CC(C)c1cccc2sc(N(Cc3cccnc3)C(=O)CCCSc3ccccc3)nc12. The lowest BCUT2D eigenvalue weighted by atomic mass is 10.0. The number of thioether (sulfide) groups is 1. The van der Waals surface area contributed by atoms with Crippen molar-refractivity contribution in [2.24, 2.45) is 0 Å². The standard InChI is InChI=1S/C26H27N3OS2/c1-19(2)22-12-6-13-23-25(22)28-26(32-23)29(18-20-9-7-15-27-17-20)24(30)14-8-16-31-21-10-4-3-5-11-21/h3-7,9-13,15,17,19H,8,14,16,18H2,1-2H3. The van der Waals surface area contributed by atoms with Gasteiger partial charge in [-0.05, 0) is 53.5 Å². The van der Waals surface area contributed by atoms with Crippen LogP contribution in [-0.2, 0) is 11.3 Å². The summed E-state index contributed by atoms with van der Waals surface area (Å²) in [6.07, 6.45) is 4.89. The second-order valence-corrected chi connectivity index (χ2v) is 10.1. The number of benzene rings is 2. The lowest BCUT2D eigenvalue weighted by molar-refractivity contribution is -0.118. The number of pyridine rings is 1. The molecule has 4 nitrogen and oxygen atoms in total. The molecule has 4 rings (SSSR count). The van der Waals surface area contributed by atoms with E-state index in [0.29, 0.717) is 18.9 Å². The van der Waals surface area contributed by atoms with Gasteiger partial charge >= 0.3 is 0 Å². The molecule has 0 aliphatic heterocycles. The van der Waals surface area contributed by atoms with E-state index in [1.807, 2.05) is 41.4 Å². The van der Waals surface area contributed by atoms with Crippen LogP contribution in [-0.4, -0.2) is 21.6 Å². The Morgan fingerprint density at radius 3 is 2.66 bits per heavy atom. The quantitative estimate of drug-likeness (QED) is 0.200. The lowest BCUT2D eigenvalue weighted by Crippen LogP contribution is -2.30. The summed E-state index contributed by atoms with van der Waals surface area (Å²) in [7, 11) is 0. The molecule has 0 bridgehead atoms. The number of thiazole rings is 1. The Balaban J connectivity index is 1.53. The van der Waals surface area contributed by atoms with Crippen LogP contribution in [0.3, 0.4) is 0 Å². The number of fused-ring (bicyclic) bond motifs is 1. The second-order valence-electron chi connectivity index (χ2n) is 7.95. The molecule has 32 heavy (non-hydrogen) atoms. The Kier molecular flexibility index (Phi) is 7.55. The van der Waals surface area contributed by atoms with Crippen molar-refractivity contribution in [3.8, 4) is 0 Å². The van der Waals surface area contributed by atoms with Crippen LogP contribution >= 0.6 is 23.1 Å². The number of aromatic nitrogens is 2. The van der Waals surface area contributed by atoms with Gasteiger partial charge in [0.15, 0.2) is 5.13 Å². The summed E-state index contributed by atoms with van der Waals surface area (Å²) < 4.78 is 1.12. The third-order valence-corrected chi connectivity index (χ3v) is 7.35. The molecule has 6 heteroatoms. The summed E-state index contributed by atoms with van der Waals surface area (Å²) in [5.41, 5.74) is 3.23. The Morgan fingerprint density at radius 1 is 1.06 bits per heavy atom. The molecular formula is C26H27N3OS2. The maximum atomic E-state index is 13.3. The van der Waals surface area contributed by atoms with Crippen LogP contribution in [0.5, 0.6) is 0 Å². The first kappa shape index (κ1) is 22.5. The monoisotopic (exact) mass is 461 g/mol. The van der Waals surface area contributed by atoms with Crippen molar-refractivity contribution in [1.82, 2.24) is 9.97 Å². The average Bonchev–Trinajstić information content (AvgIpc) is 3.25. The van der Waals surface area contributed by atoms with E-state index in [1.54, 1.807) is 29.3 Å². The minimum absolute atomic E-state index is 0.104. The first-order valence-electron chi connectivity index (χ1n) is 10.9. The van der Waals surface area contributed by atoms with Crippen molar-refractivity contribution in [2.45, 2.75) is 44.0 Å². The first-order chi connectivity index (χ1) is 15.6. The summed E-state index contributed by atoms with van der Waals surface area (Å²) in [6, 6.07) is 20.5. The van der Waals surface area contributed by atoms with E-state index in [-0.39, 0.29) is 5.91 Å². The summed E-state index contributed by atoms with van der Waals surface area (Å²) in [6.45, 7) is 4.84. The minimum atomic E-state index is 0.104. The number of hydrogen-bond donors (Lipinski definition) is 0. The highest BCUT2D eigenvalue weighted by Crippen LogP contribution is 2.34. The van der Waals surface area contributed by atoms with Crippen LogP contribution in [0.25, 0.3) is 10.2 Å². The number of anilines is 1. The van der Waals surface area contributed by atoms with Crippen molar-refractivity contribution in [1.29, 1.82) is 0 Å². The van der Waals surface area contributed by atoms with Crippen molar-refractivity contribution in [3.63, 3.8) is 0 Å². The zero-order valence-corrected chi connectivity index (χ0v) is 20.0. The van der Waals surface area contributed by atoms with E-state index in [9.17, 15) is 4.79 Å². The van der Waals surface area contributed by atoms with E-state index in [2.05, 4.69) is 49.2 Å². The molecule has 164 valence electrons. The molecule has 2 aromatic heterocycles. The molecule has 4 aromatic rings. The Labute approximate surface area is 197 Å². The summed E-state index contributed by atoms with van der Waals surface area (Å²) >= 11 is 3.38. The highest BCUT2D eigenvalue weighted by atomic mass is 32.2. The van der Waals surface area contributed by atoms with Gasteiger partial charge < -0.3 is 0 Å². The Bertz CT molecular complexity index is 1160. The number of hydrogen-bond acceptors (Lipinski definition) is 5. The number of para-hydroxylation sites is 1. The van der Waals surface area contributed by atoms with Gasteiger partial charge in [-0.3, -0.25) is 14.7 Å². The topological polar surface area (TPSA) is 46.1 Å². The zero-order chi connectivity index (χ0) is 22.3. The van der Waals surface area contributed by atoms with Crippen LogP contribution in [0.4, 0.5) is 5.13 Å². The van der Waals surface area contributed by atoms with Crippen molar-refractivity contribution >= 4 is 44.4 Å². The molecule has 0 saturated heterocycles. The average molecular weight is 462 g/mol. The highest BCUT2D eigenvalue weighted by molar-refractivity contribution is 7.99. The molecule has 0 atom stereocenters. The molecule has 0 fully saturated rings. The molecule has 1 amide bonds. The normalized spacial score (nSPS) is 11.2. The summed E-state index contributed by atoms with van der Waals surface area (Å²) in [4.78, 5) is 25.5. The first-order valence-corrected chi connectivity index (χ1v) is 12.7. The molecule has 0 spiro atoms. The maximum Gasteiger partial charge on any atom is 0.229 e. The van der Waals surface area contributed by atoms with Gasteiger partial charge in [0.1, 0.15) is 0 Å². The number of nitrogens with zero attached hydrogens (tertiary/aromatic N) is 3. The summed E-state index contributed by atoms with van der Waals surface area (Å²) in [5, 5.41) is 0.762. The molecule has 0 aliphatic carbocycles. The molecule has 0 aliphatic rings. The van der Waals surface area contributed by atoms with Gasteiger partial charge in [-0.25, -0.2) is 4.98 Å². The molecule has 0 radical (unpaired) electrons. The van der Waals surface area contributed by atoms with E-state index in [4.69, 9.17) is 4.98 Å².